The van der Waals surface area contributed by atoms with Crippen LogP contribution in [-0.4, -0.2) is 10.9 Å². The van der Waals surface area contributed by atoms with Crippen LogP contribution in [0.3, 0.4) is 0 Å². The first-order valence-electron chi connectivity index (χ1n) is 5.81. The molecule has 1 aromatic carbocycles. The van der Waals surface area contributed by atoms with Gasteiger partial charge in [0.25, 0.3) is 5.91 Å². The highest BCUT2D eigenvalue weighted by atomic mass is 79.9. The van der Waals surface area contributed by atoms with Gasteiger partial charge in [-0.05, 0) is 46.6 Å². The zero-order valence-corrected chi connectivity index (χ0v) is 12.5. The van der Waals surface area contributed by atoms with Gasteiger partial charge in [-0.1, -0.05) is 0 Å². The molecule has 5 nitrogen and oxygen atoms in total. The van der Waals surface area contributed by atoms with E-state index in [1.165, 1.54) is 6.20 Å². The molecule has 0 bridgehead atoms. The van der Waals surface area contributed by atoms with E-state index in [-0.39, 0.29) is 11.4 Å². The number of nitrogens with two attached hydrogens (primary N) is 1. The number of rotatable bonds is 3. The van der Waals surface area contributed by atoms with E-state index in [9.17, 15) is 13.6 Å². The summed E-state index contributed by atoms with van der Waals surface area (Å²) in [7, 11) is 0. The summed E-state index contributed by atoms with van der Waals surface area (Å²) >= 11 is 3.28. The molecule has 8 heteroatoms. The third kappa shape index (κ3) is 3.34. The van der Waals surface area contributed by atoms with Crippen LogP contribution in [0.5, 0.6) is 0 Å². The van der Waals surface area contributed by atoms with E-state index in [0.29, 0.717) is 0 Å². The molecule has 1 aromatic heterocycles. The van der Waals surface area contributed by atoms with Crippen LogP contribution >= 0.6 is 15.9 Å². The first-order valence-corrected chi connectivity index (χ1v) is 6.61. The van der Waals surface area contributed by atoms with Gasteiger partial charge in [0, 0.05) is 16.2 Å². The molecule has 0 unspecified atom stereocenters. The van der Waals surface area contributed by atoms with Crippen LogP contribution in [0.25, 0.3) is 0 Å². The van der Waals surface area contributed by atoms with E-state index in [0.717, 1.165) is 22.2 Å². The van der Waals surface area contributed by atoms with Crippen LogP contribution in [0.4, 0.5) is 20.3 Å². The Kier molecular flexibility index (Phi) is 4.49. The van der Waals surface area contributed by atoms with Crippen molar-refractivity contribution in [2.45, 2.75) is 6.92 Å². The molecule has 0 saturated heterocycles. The zero-order valence-electron chi connectivity index (χ0n) is 10.9. The molecule has 0 atom stereocenters. The molecule has 0 spiro atoms. The summed E-state index contributed by atoms with van der Waals surface area (Å²) in [4.78, 5) is 16.0. The Morgan fingerprint density at radius 1 is 1.29 bits per heavy atom. The number of amides is 1. The lowest BCUT2D eigenvalue weighted by Gasteiger charge is -2.08. The fourth-order valence-corrected chi connectivity index (χ4v) is 1.86. The van der Waals surface area contributed by atoms with Gasteiger partial charge in [0.1, 0.15) is 11.5 Å². The normalized spacial score (nSPS) is 10.3. The standard InChI is InChI=1S/C13H11BrF2N4O/c1-6-2-11(18-5-8(6)14)19-13(21)7-3-9(15)12(20-17)10(16)4-7/h2-5,20H,17H2,1H3,(H,18,19,21). The van der Waals surface area contributed by atoms with Crippen molar-refractivity contribution in [2.24, 2.45) is 5.84 Å². The van der Waals surface area contributed by atoms with Gasteiger partial charge in [0.2, 0.25) is 0 Å². The monoisotopic (exact) mass is 356 g/mol. The molecule has 1 amide bonds. The van der Waals surface area contributed by atoms with Crippen molar-refractivity contribution in [1.29, 1.82) is 0 Å². The third-order valence-electron chi connectivity index (χ3n) is 2.74. The number of hydrogen-bond donors (Lipinski definition) is 3. The average molecular weight is 357 g/mol. The van der Waals surface area contributed by atoms with Crippen molar-refractivity contribution in [3.8, 4) is 0 Å². The molecule has 0 radical (unpaired) electrons. The minimum atomic E-state index is -0.956. The maximum absolute atomic E-state index is 13.5. The number of hydrazine groups is 1. The fraction of sp³-hybridized carbons (Fsp3) is 0.0769. The number of nitrogens with zero attached hydrogens (tertiary/aromatic N) is 1. The van der Waals surface area contributed by atoms with Gasteiger partial charge in [-0.15, -0.1) is 0 Å². The van der Waals surface area contributed by atoms with Crippen molar-refractivity contribution < 1.29 is 13.6 Å². The summed E-state index contributed by atoms with van der Waals surface area (Å²) < 4.78 is 27.9. The molecule has 0 aliphatic heterocycles. The van der Waals surface area contributed by atoms with Crippen LogP contribution in [-0.2, 0) is 0 Å². The number of carbonyl (C=O) groups excluding carboxylic acids is 1. The predicted molar refractivity (Wildman–Crippen MR) is 78.8 cm³/mol. The SMILES string of the molecule is Cc1cc(NC(=O)c2cc(F)c(NN)c(F)c2)ncc1Br. The second-order valence-corrected chi connectivity index (χ2v) is 5.09. The van der Waals surface area contributed by atoms with Crippen molar-refractivity contribution in [3.05, 3.63) is 51.6 Å². The van der Waals surface area contributed by atoms with Gasteiger partial charge in [-0.25, -0.2) is 13.8 Å². The topological polar surface area (TPSA) is 80.0 Å². The molecule has 2 rings (SSSR count). The molecule has 0 aliphatic carbocycles. The van der Waals surface area contributed by atoms with Crippen LogP contribution in [0.15, 0.2) is 28.9 Å². The number of anilines is 2. The summed E-state index contributed by atoms with van der Waals surface area (Å²) in [5.74, 6) is 2.68. The second kappa shape index (κ2) is 6.15. The van der Waals surface area contributed by atoms with Crippen LogP contribution in [0.2, 0.25) is 0 Å². The Morgan fingerprint density at radius 2 is 1.90 bits per heavy atom. The minimum Gasteiger partial charge on any atom is -0.319 e. The highest BCUT2D eigenvalue weighted by Gasteiger charge is 2.15. The Morgan fingerprint density at radius 3 is 2.43 bits per heavy atom. The molecule has 1 heterocycles. The van der Waals surface area contributed by atoms with E-state index < -0.39 is 23.2 Å². The van der Waals surface area contributed by atoms with Crippen molar-refractivity contribution in [1.82, 2.24) is 4.98 Å². The fourth-order valence-electron chi connectivity index (χ4n) is 1.64. The van der Waals surface area contributed by atoms with Crippen LogP contribution in [0.1, 0.15) is 15.9 Å². The van der Waals surface area contributed by atoms with Gasteiger partial charge < -0.3 is 10.7 Å². The number of benzene rings is 1. The Bertz CT molecular complexity index is 686. The molecule has 0 fully saturated rings. The van der Waals surface area contributed by atoms with Crippen molar-refractivity contribution in [2.75, 3.05) is 10.7 Å². The summed E-state index contributed by atoms with van der Waals surface area (Å²) in [6.07, 6.45) is 1.52. The van der Waals surface area contributed by atoms with Gasteiger partial charge in [0.05, 0.1) is 0 Å². The number of aryl methyl sites for hydroxylation is 1. The lowest BCUT2D eigenvalue weighted by atomic mass is 10.1. The number of hydrogen-bond acceptors (Lipinski definition) is 4. The number of pyridine rings is 1. The van der Waals surface area contributed by atoms with E-state index in [1.54, 1.807) is 6.07 Å². The summed E-state index contributed by atoms with van der Waals surface area (Å²) in [5.41, 5.74) is 2.08. The molecule has 0 aliphatic rings. The Hall–Kier alpha value is -2.06. The first-order chi connectivity index (χ1) is 9.92. The van der Waals surface area contributed by atoms with E-state index >= 15 is 0 Å². The Balaban J connectivity index is 2.26. The highest BCUT2D eigenvalue weighted by Crippen LogP contribution is 2.21. The van der Waals surface area contributed by atoms with Gasteiger partial charge in [-0.2, -0.15) is 0 Å². The number of nitrogens with one attached hydrogen (secondary N) is 2. The number of carbonyl (C=O) groups is 1. The zero-order chi connectivity index (χ0) is 15.6. The lowest BCUT2D eigenvalue weighted by Crippen LogP contribution is -2.16. The molecule has 0 saturated carbocycles. The van der Waals surface area contributed by atoms with Crippen LogP contribution in [0, 0.1) is 18.6 Å². The van der Waals surface area contributed by atoms with E-state index in [4.69, 9.17) is 5.84 Å². The summed E-state index contributed by atoms with van der Waals surface area (Å²) in [6.45, 7) is 1.82. The quantitative estimate of drug-likeness (QED) is 0.583. The lowest BCUT2D eigenvalue weighted by molar-refractivity contribution is 0.102. The number of aromatic nitrogens is 1. The minimum absolute atomic E-state index is 0.175. The smallest absolute Gasteiger partial charge is 0.257 e. The molecular formula is C13H11BrF2N4O. The average Bonchev–Trinajstić information content (AvgIpc) is 2.42. The molecule has 21 heavy (non-hydrogen) atoms. The highest BCUT2D eigenvalue weighted by molar-refractivity contribution is 9.10. The maximum atomic E-state index is 13.5. The molecule has 2 aromatic rings. The second-order valence-electron chi connectivity index (χ2n) is 4.23. The van der Waals surface area contributed by atoms with E-state index in [2.05, 4.69) is 26.2 Å². The maximum Gasteiger partial charge on any atom is 0.257 e. The van der Waals surface area contributed by atoms with Gasteiger partial charge >= 0.3 is 0 Å². The predicted octanol–water partition coefficient (Wildman–Crippen LogP) is 2.97. The van der Waals surface area contributed by atoms with Gasteiger partial charge in [-0.3, -0.25) is 10.6 Å². The van der Waals surface area contributed by atoms with Crippen molar-refractivity contribution >= 4 is 33.3 Å². The summed E-state index contributed by atoms with van der Waals surface area (Å²) in [6, 6.07) is 3.41. The third-order valence-corrected chi connectivity index (χ3v) is 3.57. The first kappa shape index (κ1) is 15.3. The largest absolute Gasteiger partial charge is 0.319 e. The van der Waals surface area contributed by atoms with Crippen LogP contribution < -0.4 is 16.6 Å². The number of nitrogen functional groups attached to an aromatic ring is 1. The van der Waals surface area contributed by atoms with Crippen molar-refractivity contribution in [3.63, 3.8) is 0 Å². The molecule has 110 valence electrons. The van der Waals surface area contributed by atoms with E-state index in [1.807, 2.05) is 12.3 Å². The van der Waals surface area contributed by atoms with Gasteiger partial charge in [0.15, 0.2) is 11.6 Å². The Labute approximate surface area is 127 Å². The summed E-state index contributed by atoms with van der Waals surface area (Å²) in [5, 5.41) is 2.46. The number of halogens is 3. The molecule has 4 N–H and O–H groups in total. The molecular weight excluding hydrogens is 346 g/mol.